The second-order valence-electron chi connectivity index (χ2n) is 7.96. The van der Waals surface area contributed by atoms with Crippen molar-refractivity contribution in [1.29, 1.82) is 0 Å². The van der Waals surface area contributed by atoms with E-state index in [1.165, 1.54) is 16.0 Å². The summed E-state index contributed by atoms with van der Waals surface area (Å²) in [5.41, 5.74) is 3.24. The molecule has 0 bridgehead atoms. The zero-order chi connectivity index (χ0) is 18.4. The molecule has 0 unspecified atom stereocenters. The number of hydrogen-bond acceptors (Lipinski definition) is 2. The van der Waals surface area contributed by atoms with Crippen molar-refractivity contribution in [2.24, 2.45) is 0 Å². The first-order valence-corrected chi connectivity index (χ1v) is 9.59. The van der Waals surface area contributed by atoms with Crippen LogP contribution in [-0.2, 0) is 10.8 Å². The maximum absolute atomic E-state index is 5.08. The topological polar surface area (TPSA) is 9.23 Å². The highest BCUT2D eigenvalue weighted by molar-refractivity contribution is 7.98. The van der Waals surface area contributed by atoms with Gasteiger partial charge in [0.2, 0.25) is 0 Å². The SMILES string of the molecule is COc1ccc(C(C)(C)C)cc1.CSc1ccc(C(C)(C)C)cc1. The van der Waals surface area contributed by atoms with E-state index < -0.39 is 0 Å². The van der Waals surface area contributed by atoms with Crippen molar-refractivity contribution in [3.8, 4) is 5.75 Å². The molecule has 1 nitrogen and oxygen atoms in total. The fourth-order valence-corrected chi connectivity index (χ4v) is 2.59. The molecule has 0 atom stereocenters. The molecule has 0 spiro atoms. The molecule has 0 heterocycles. The van der Waals surface area contributed by atoms with Crippen LogP contribution in [0.25, 0.3) is 0 Å². The Hall–Kier alpha value is -1.41. The number of rotatable bonds is 2. The average Bonchev–Trinajstić information content (AvgIpc) is 2.54. The predicted molar refractivity (Wildman–Crippen MR) is 109 cm³/mol. The van der Waals surface area contributed by atoms with Gasteiger partial charge in [0.15, 0.2) is 0 Å². The van der Waals surface area contributed by atoms with E-state index in [9.17, 15) is 0 Å². The first-order chi connectivity index (χ1) is 11.1. The van der Waals surface area contributed by atoms with Crippen molar-refractivity contribution in [2.75, 3.05) is 13.4 Å². The Bertz CT molecular complexity index is 541. The highest BCUT2D eigenvalue weighted by Gasteiger charge is 2.13. The molecule has 2 rings (SSSR count). The second kappa shape index (κ2) is 8.62. The highest BCUT2D eigenvalue weighted by atomic mass is 32.2. The van der Waals surface area contributed by atoms with Crippen LogP contribution in [0, 0.1) is 0 Å². The van der Waals surface area contributed by atoms with Gasteiger partial charge in [-0.25, -0.2) is 0 Å². The summed E-state index contributed by atoms with van der Waals surface area (Å²) < 4.78 is 5.08. The van der Waals surface area contributed by atoms with Crippen LogP contribution in [-0.4, -0.2) is 13.4 Å². The van der Waals surface area contributed by atoms with E-state index >= 15 is 0 Å². The maximum Gasteiger partial charge on any atom is 0.118 e. The van der Waals surface area contributed by atoms with Crippen LogP contribution < -0.4 is 4.74 Å². The van der Waals surface area contributed by atoms with E-state index in [0.717, 1.165) is 5.75 Å². The standard InChI is InChI=1S/C11H16O.C11H16S/c2*1-11(2,3)9-5-7-10(12-4)8-6-9/h2*5-8H,1-4H3. The van der Waals surface area contributed by atoms with Crippen molar-refractivity contribution in [1.82, 2.24) is 0 Å². The molecule has 24 heavy (non-hydrogen) atoms. The normalized spacial score (nSPS) is 11.5. The van der Waals surface area contributed by atoms with Gasteiger partial charge in [-0.1, -0.05) is 65.8 Å². The molecular formula is C22H32OS. The molecule has 2 aromatic rings. The minimum absolute atomic E-state index is 0.228. The number of methoxy groups -OCH3 is 1. The second-order valence-corrected chi connectivity index (χ2v) is 8.84. The van der Waals surface area contributed by atoms with Gasteiger partial charge >= 0.3 is 0 Å². The summed E-state index contributed by atoms with van der Waals surface area (Å²) in [7, 11) is 1.69. The largest absolute Gasteiger partial charge is 0.497 e. The number of hydrogen-bond donors (Lipinski definition) is 0. The average molecular weight is 345 g/mol. The Balaban J connectivity index is 0.000000240. The highest BCUT2D eigenvalue weighted by Crippen LogP contribution is 2.25. The summed E-state index contributed by atoms with van der Waals surface area (Å²) in [6.07, 6.45) is 2.10. The molecule has 0 aliphatic carbocycles. The Morgan fingerprint density at radius 1 is 0.667 bits per heavy atom. The van der Waals surface area contributed by atoms with Crippen LogP contribution in [0.3, 0.4) is 0 Å². The lowest BCUT2D eigenvalue weighted by atomic mass is 9.87. The monoisotopic (exact) mass is 344 g/mol. The molecule has 132 valence electrons. The van der Waals surface area contributed by atoms with Gasteiger partial charge in [-0.3, -0.25) is 0 Å². The van der Waals surface area contributed by atoms with Crippen molar-refractivity contribution in [3.63, 3.8) is 0 Å². The third kappa shape index (κ3) is 6.60. The third-order valence-electron chi connectivity index (χ3n) is 3.91. The smallest absolute Gasteiger partial charge is 0.118 e. The summed E-state index contributed by atoms with van der Waals surface area (Å²) >= 11 is 1.79. The fraction of sp³-hybridized carbons (Fsp3) is 0.455. The lowest BCUT2D eigenvalue weighted by Crippen LogP contribution is -2.10. The maximum atomic E-state index is 5.08. The molecular weight excluding hydrogens is 312 g/mol. The van der Waals surface area contributed by atoms with E-state index in [1.807, 2.05) is 12.1 Å². The minimum atomic E-state index is 0.228. The van der Waals surface area contributed by atoms with Crippen LogP contribution in [0.4, 0.5) is 0 Å². The van der Waals surface area contributed by atoms with Gasteiger partial charge in [-0.05, 0) is 52.5 Å². The molecule has 0 radical (unpaired) electrons. The van der Waals surface area contributed by atoms with E-state index in [2.05, 4.69) is 84.2 Å². The Kier molecular flexibility index (Phi) is 7.41. The van der Waals surface area contributed by atoms with Crippen molar-refractivity contribution in [2.45, 2.75) is 57.3 Å². The molecule has 0 aromatic heterocycles. The van der Waals surface area contributed by atoms with Gasteiger partial charge in [-0.15, -0.1) is 11.8 Å². The first kappa shape index (κ1) is 20.6. The van der Waals surface area contributed by atoms with Gasteiger partial charge in [-0.2, -0.15) is 0 Å². The van der Waals surface area contributed by atoms with Crippen molar-refractivity contribution < 1.29 is 4.74 Å². The van der Waals surface area contributed by atoms with Crippen LogP contribution in [0.2, 0.25) is 0 Å². The predicted octanol–water partition coefficient (Wildman–Crippen LogP) is 6.70. The van der Waals surface area contributed by atoms with E-state index in [1.54, 1.807) is 18.9 Å². The van der Waals surface area contributed by atoms with Crippen LogP contribution >= 0.6 is 11.8 Å². The fourth-order valence-electron chi connectivity index (χ4n) is 2.18. The molecule has 0 saturated heterocycles. The molecule has 0 aliphatic rings. The van der Waals surface area contributed by atoms with Gasteiger partial charge < -0.3 is 4.74 Å². The quantitative estimate of drug-likeness (QED) is 0.561. The Morgan fingerprint density at radius 3 is 1.33 bits per heavy atom. The molecule has 0 fully saturated rings. The third-order valence-corrected chi connectivity index (χ3v) is 4.66. The number of thioether (sulfide) groups is 1. The number of ether oxygens (including phenoxy) is 1. The lowest BCUT2D eigenvalue weighted by Gasteiger charge is -2.18. The molecule has 0 saturated carbocycles. The number of benzene rings is 2. The van der Waals surface area contributed by atoms with Crippen molar-refractivity contribution >= 4 is 11.8 Å². The van der Waals surface area contributed by atoms with Gasteiger partial charge in [0.1, 0.15) is 5.75 Å². The Labute approximate surface area is 152 Å². The summed E-state index contributed by atoms with van der Waals surface area (Å²) in [6.45, 7) is 13.3. The van der Waals surface area contributed by atoms with Gasteiger partial charge in [0, 0.05) is 4.90 Å². The van der Waals surface area contributed by atoms with Crippen LogP contribution in [0.5, 0.6) is 5.75 Å². The first-order valence-electron chi connectivity index (χ1n) is 8.37. The van der Waals surface area contributed by atoms with E-state index in [-0.39, 0.29) is 10.8 Å². The van der Waals surface area contributed by atoms with Crippen molar-refractivity contribution in [3.05, 3.63) is 59.7 Å². The summed E-state index contributed by atoms with van der Waals surface area (Å²) in [6, 6.07) is 17.0. The van der Waals surface area contributed by atoms with Crippen LogP contribution in [0.15, 0.2) is 53.4 Å². The molecule has 2 heteroatoms. The van der Waals surface area contributed by atoms with Gasteiger partial charge in [0.25, 0.3) is 0 Å². The summed E-state index contributed by atoms with van der Waals surface area (Å²) in [5, 5.41) is 0. The zero-order valence-electron chi connectivity index (χ0n) is 16.4. The molecule has 2 aromatic carbocycles. The minimum Gasteiger partial charge on any atom is -0.497 e. The summed E-state index contributed by atoms with van der Waals surface area (Å²) in [5.74, 6) is 0.919. The summed E-state index contributed by atoms with van der Waals surface area (Å²) in [4.78, 5) is 1.34. The molecule has 0 N–H and O–H groups in total. The molecule has 0 aliphatic heterocycles. The Morgan fingerprint density at radius 2 is 1.04 bits per heavy atom. The van der Waals surface area contributed by atoms with Crippen LogP contribution in [0.1, 0.15) is 52.7 Å². The van der Waals surface area contributed by atoms with Gasteiger partial charge in [0.05, 0.1) is 7.11 Å². The van der Waals surface area contributed by atoms with E-state index in [4.69, 9.17) is 4.74 Å². The van der Waals surface area contributed by atoms with E-state index in [0.29, 0.717) is 0 Å². The zero-order valence-corrected chi connectivity index (χ0v) is 17.3. The lowest BCUT2D eigenvalue weighted by molar-refractivity contribution is 0.414. The molecule has 0 amide bonds.